The highest BCUT2D eigenvalue weighted by molar-refractivity contribution is 7.26. The van der Waals surface area contributed by atoms with E-state index in [0.717, 1.165) is 98.6 Å². The summed E-state index contributed by atoms with van der Waals surface area (Å²) in [5.74, 6) is 0. The summed E-state index contributed by atoms with van der Waals surface area (Å²) in [5.41, 5.74) is 11.1. The Kier molecular flexibility index (Phi) is 7.70. The SMILES string of the molecule is N#Cc1c(C#N)c(-n2c3ccccc3c3c4sc5ccccc5c4ccc32)c(-n2c3ccccc3c3ccccc32)c(-n2c3ccccc3c3ccccc32)c1-n1c2ccccc2c2ccccc21. The Labute approximate surface area is 397 Å². The third-order valence-electron chi connectivity index (χ3n) is 14.4. The molecule has 0 saturated heterocycles. The Morgan fingerprint density at radius 2 is 0.580 bits per heavy atom. The highest BCUT2D eigenvalue weighted by atomic mass is 32.1. The van der Waals surface area contributed by atoms with E-state index in [-0.39, 0.29) is 11.1 Å². The molecule has 0 spiro atoms. The molecule has 318 valence electrons. The molecule has 5 aromatic heterocycles. The maximum Gasteiger partial charge on any atom is 0.103 e. The topological polar surface area (TPSA) is 67.3 Å². The summed E-state index contributed by atoms with van der Waals surface area (Å²) in [6, 6.07) is 78.2. The van der Waals surface area contributed by atoms with Crippen molar-refractivity contribution in [3.63, 3.8) is 0 Å². The van der Waals surface area contributed by atoms with Gasteiger partial charge in [0.2, 0.25) is 0 Å². The number of nitrogens with zero attached hydrogens (tertiary/aromatic N) is 6. The van der Waals surface area contributed by atoms with E-state index < -0.39 is 0 Å². The number of hydrogen-bond donors (Lipinski definition) is 0. The third-order valence-corrected chi connectivity index (χ3v) is 15.6. The molecular weight excluding hydrogens is 861 g/mol. The van der Waals surface area contributed by atoms with Gasteiger partial charge in [0.1, 0.15) is 12.1 Å². The monoisotopic (exact) mass is 894 g/mol. The quantitative estimate of drug-likeness (QED) is 0.177. The second-order valence-corrected chi connectivity index (χ2v) is 18.8. The van der Waals surface area contributed by atoms with E-state index in [2.05, 4.69) is 237 Å². The number of thiophene rings is 1. The molecule has 0 aliphatic rings. The summed E-state index contributed by atoms with van der Waals surface area (Å²) >= 11 is 1.80. The lowest BCUT2D eigenvalue weighted by Gasteiger charge is -2.27. The fraction of sp³-hybridized carbons (Fsp3) is 0. The van der Waals surface area contributed by atoms with Crippen molar-refractivity contribution in [2.75, 3.05) is 0 Å². The van der Waals surface area contributed by atoms with Gasteiger partial charge in [0, 0.05) is 63.3 Å². The zero-order valence-electron chi connectivity index (χ0n) is 36.7. The summed E-state index contributed by atoms with van der Waals surface area (Å²) in [4.78, 5) is 0. The predicted molar refractivity (Wildman–Crippen MR) is 286 cm³/mol. The minimum absolute atomic E-state index is 0.286. The predicted octanol–water partition coefficient (Wildman–Crippen LogP) is 16.2. The highest BCUT2D eigenvalue weighted by Gasteiger charge is 2.35. The molecule has 0 saturated carbocycles. The van der Waals surface area contributed by atoms with Crippen LogP contribution < -0.4 is 0 Å². The van der Waals surface area contributed by atoms with Crippen molar-refractivity contribution in [3.05, 3.63) is 217 Å². The molecule has 0 bridgehead atoms. The third kappa shape index (κ3) is 4.91. The van der Waals surface area contributed by atoms with Gasteiger partial charge in [0.15, 0.2) is 0 Å². The first kappa shape index (κ1) is 37.8. The van der Waals surface area contributed by atoms with Crippen LogP contribution in [0.5, 0.6) is 0 Å². The van der Waals surface area contributed by atoms with Crippen molar-refractivity contribution in [1.29, 1.82) is 10.5 Å². The van der Waals surface area contributed by atoms with Gasteiger partial charge in [-0.3, -0.25) is 0 Å². The van der Waals surface area contributed by atoms with Gasteiger partial charge in [-0.15, -0.1) is 11.3 Å². The van der Waals surface area contributed by atoms with Crippen molar-refractivity contribution in [2.45, 2.75) is 0 Å². The standard InChI is InChI=1S/C62H34N6S/c63-35-46-47(36-64)59(68-54-31-15-7-24-45(54)57-55(68)34-33-44-43-23-8-16-32-56(43)69-62(44)57)61(67-52-29-13-5-21-41(52)42-22-6-14-30-53(42)67)60(66-50-27-11-3-19-39(50)40-20-4-12-28-51(40)66)58(46)65-48-25-9-1-17-37(48)38-18-2-10-26-49(38)65/h1-34H. The maximum atomic E-state index is 12.2. The van der Waals surface area contributed by atoms with Crippen molar-refractivity contribution in [1.82, 2.24) is 18.3 Å². The van der Waals surface area contributed by atoms with Gasteiger partial charge in [-0.1, -0.05) is 152 Å². The summed E-state index contributed by atoms with van der Waals surface area (Å²) < 4.78 is 11.7. The first-order valence-electron chi connectivity index (χ1n) is 23.1. The van der Waals surface area contributed by atoms with Crippen molar-refractivity contribution in [3.8, 4) is 34.9 Å². The van der Waals surface area contributed by atoms with Gasteiger partial charge in [0.05, 0.1) is 78.0 Å². The van der Waals surface area contributed by atoms with Crippen LogP contribution in [-0.2, 0) is 0 Å². The summed E-state index contributed by atoms with van der Waals surface area (Å²) in [5, 5.41) is 35.3. The number of para-hydroxylation sites is 7. The molecule has 0 amide bonds. The Bertz CT molecular complexity index is 4660. The van der Waals surface area contributed by atoms with Crippen molar-refractivity contribution >= 4 is 119 Å². The Morgan fingerprint density at radius 3 is 0.971 bits per heavy atom. The van der Waals surface area contributed by atoms with Crippen molar-refractivity contribution in [2.24, 2.45) is 0 Å². The summed E-state index contributed by atoms with van der Waals surface area (Å²) in [7, 11) is 0. The van der Waals surface area contributed by atoms with Gasteiger partial charge in [-0.05, 0) is 54.6 Å². The average molecular weight is 895 g/mol. The van der Waals surface area contributed by atoms with E-state index in [1.54, 1.807) is 11.3 Å². The van der Waals surface area contributed by atoms with Gasteiger partial charge in [-0.2, -0.15) is 10.5 Å². The van der Waals surface area contributed by atoms with E-state index >= 15 is 0 Å². The molecule has 0 radical (unpaired) electrons. The van der Waals surface area contributed by atoms with E-state index in [4.69, 9.17) is 0 Å². The van der Waals surface area contributed by atoms with Gasteiger partial charge in [-0.25, -0.2) is 0 Å². The highest BCUT2D eigenvalue weighted by Crippen LogP contribution is 2.50. The largest absolute Gasteiger partial charge is 0.306 e. The lowest BCUT2D eigenvalue weighted by Crippen LogP contribution is -2.17. The summed E-state index contributed by atoms with van der Waals surface area (Å²) in [6.07, 6.45) is 0. The van der Waals surface area contributed by atoms with Crippen LogP contribution in [0.25, 0.3) is 130 Å². The second kappa shape index (κ2) is 14.1. The second-order valence-electron chi connectivity index (χ2n) is 17.8. The lowest BCUT2D eigenvalue weighted by molar-refractivity contribution is 1.01. The minimum atomic E-state index is 0.286. The Hall–Kier alpha value is -9.40. The molecule has 0 aliphatic carbocycles. The van der Waals surface area contributed by atoms with Crippen LogP contribution >= 0.6 is 11.3 Å². The first-order chi connectivity index (χ1) is 34.2. The molecule has 10 aromatic carbocycles. The molecule has 0 atom stereocenters. The molecule has 7 heteroatoms. The molecule has 69 heavy (non-hydrogen) atoms. The lowest BCUT2D eigenvalue weighted by atomic mass is 9.98. The van der Waals surface area contributed by atoms with Crippen LogP contribution in [0.1, 0.15) is 11.1 Å². The molecular formula is C62H34N6S. The fourth-order valence-corrected chi connectivity index (χ4v) is 13.0. The van der Waals surface area contributed by atoms with Crippen LogP contribution in [-0.4, -0.2) is 18.3 Å². The van der Waals surface area contributed by atoms with Crippen LogP contribution in [0, 0.1) is 22.7 Å². The van der Waals surface area contributed by atoms with Crippen LogP contribution in [0.3, 0.4) is 0 Å². The fourth-order valence-electron chi connectivity index (χ4n) is 11.7. The molecule has 6 nitrogen and oxygen atoms in total. The zero-order valence-corrected chi connectivity index (χ0v) is 37.5. The number of hydrogen-bond acceptors (Lipinski definition) is 3. The van der Waals surface area contributed by atoms with Gasteiger partial charge in [0.25, 0.3) is 0 Å². The van der Waals surface area contributed by atoms with Gasteiger partial charge < -0.3 is 18.3 Å². The number of nitriles is 2. The average Bonchev–Trinajstić information content (AvgIpc) is 4.21. The summed E-state index contributed by atoms with van der Waals surface area (Å²) in [6.45, 7) is 0. The molecule has 15 rings (SSSR count). The maximum absolute atomic E-state index is 12.2. The Balaban J connectivity index is 1.29. The van der Waals surface area contributed by atoms with E-state index in [9.17, 15) is 10.5 Å². The molecule has 0 unspecified atom stereocenters. The van der Waals surface area contributed by atoms with E-state index in [0.29, 0.717) is 11.4 Å². The molecule has 0 aliphatic heterocycles. The molecule has 0 N–H and O–H groups in total. The normalized spacial score (nSPS) is 12.0. The number of rotatable bonds is 4. The van der Waals surface area contributed by atoms with Crippen LogP contribution in [0.4, 0.5) is 0 Å². The smallest absolute Gasteiger partial charge is 0.103 e. The first-order valence-corrected chi connectivity index (χ1v) is 23.9. The molecule has 5 heterocycles. The minimum Gasteiger partial charge on any atom is -0.306 e. The van der Waals surface area contributed by atoms with E-state index in [1.165, 1.54) is 20.2 Å². The number of aromatic nitrogens is 4. The molecule has 0 fully saturated rings. The van der Waals surface area contributed by atoms with Crippen molar-refractivity contribution < 1.29 is 0 Å². The number of benzene rings is 10. The van der Waals surface area contributed by atoms with Gasteiger partial charge >= 0.3 is 0 Å². The van der Waals surface area contributed by atoms with E-state index in [1.807, 2.05) is 0 Å². The molecule has 15 aromatic rings. The van der Waals surface area contributed by atoms with Crippen LogP contribution in [0.15, 0.2) is 206 Å². The van der Waals surface area contributed by atoms with Crippen LogP contribution in [0.2, 0.25) is 0 Å². The number of fused-ring (bicyclic) bond motifs is 16. The zero-order chi connectivity index (χ0) is 45.5. The Morgan fingerprint density at radius 1 is 0.275 bits per heavy atom.